The summed E-state index contributed by atoms with van der Waals surface area (Å²) in [6, 6.07) is 8.92. The van der Waals surface area contributed by atoms with Gasteiger partial charge in [-0.2, -0.15) is 0 Å². The normalized spacial score (nSPS) is 17.1. The van der Waals surface area contributed by atoms with Crippen LogP contribution in [0.1, 0.15) is 25.3 Å². The quantitative estimate of drug-likeness (QED) is 0.836. The molecule has 1 saturated heterocycles. The Morgan fingerprint density at radius 2 is 1.89 bits per heavy atom. The first-order valence-electron chi connectivity index (χ1n) is 6.87. The van der Waals surface area contributed by atoms with Crippen LogP contribution in [0.5, 0.6) is 0 Å². The van der Waals surface area contributed by atoms with Crippen molar-refractivity contribution in [2.75, 3.05) is 31.6 Å². The average Bonchev–Trinajstić information content (AvgIpc) is 2.93. The Labute approximate surface area is 110 Å². The van der Waals surface area contributed by atoms with Gasteiger partial charge in [0, 0.05) is 39.0 Å². The molecule has 18 heavy (non-hydrogen) atoms. The molecule has 0 bridgehead atoms. The molecule has 1 aromatic rings. The zero-order valence-corrected chi connectivity index (χ0v) is 11.5. The lowest BCUT2D eigenvalue weighted by Crippen LogP contribution is -2.25. The third-order valence-electron chi connectivity index (χ3n) is 3.57. The van der Waals surface area contributed by atoms with E-state index in [9.17, 15) is 0 Å². The van der Waals surface area contributed by atoms with Gasteiger partial charge in [0.1, 0.15) is 0 Å². The molecule has 3 heteroatoms. The Hall–Kier alpha value is -1.06. The smallest absolute Gasteiger partial charge is 0.0667 e. The van der Waals surface area contributed by atoms with Crippen molar-refractivity contribution in [2.24, 2.45) is 0 Å². The summed E-state index contributed by atoms with van der Waals surface area (Å²) in [6.07, 6.45) is 2.94. The van der Waals surface area contributed by atoms with Crippen LogP contribution in [-0.2, 0) is 11.3 Å². The van der Waals surface area contributed by atoms with Crippen LogP contribution in [0.4, 0.5) is 5.69 Å². The fraction of sp³-hybridized carbons (Fsp3) is 0.600. The molecule has 1 aliphatic rings. The molecule has 1 aliphatic heterocycles. The van der Waals surface area contributed by atoms with Gasteiger partial charge in [-0.1, -0.05) is 12.1 Å². The zero-order chi connectivity index (χ0) is 12.8. The van der Waals surface area contributed by atoms with Crippen molar-refractivity contribution < 1.29 is 4.74 Å². The van der Waals surface area contributed by atoms with Gasteiger partial charge in [0.25, 0.3) is 0 Å². The first-order valence-corrected chi connectivity index (χ1v) is 6.87. The first-order chi connectivity index (χ1) is 8.79. The van der Waals surface area contributed by atoms with Gasteiger partial charge in [0.15, 0.2) is 0 Å². The average molecular weight is 248 g/mol. The Kier molecular flexibility index (Phi) is 5.02. The van der Waals surface area contributed by atoms with Crippen LogP contribution in [0.2, 0.25) is 0 Å². The molecule has 1 aromatic carbocycles. The SMILES string of the molecule is COC(C)CNCc1ccc(N2CCCC2)cc1. The standard InChI is InChI=1S/C15H24N2O/c1-13(18-2)11-16-12-14-5-7-15(8-6-14)17-9-3-4-10-17/h5-8,13,16H,3-4,9-12H2,1-2H3. The maximum absolute atomic E-state index is 5.21. The Balaban J connectivity index is 1.80. The topological polar surface area (TPSA) is 24.5 Å². The highest BCUT2D eigenvalue weighted by Gasteiger charge is 2.11. The number of hydrogen-bond acceptors (Lipinski definition) is 3. The number of hydrogen-bond donors (Lipinski definition) is 1. The highest BCUT2D eigenvalue weighted by Crippen LogP contribution is 2.20. The maximum atomic E-state index is 5.21. The van der Waals surface area contributed by atoms with Crippen LogP contribution in [0, 0.1) is 0 Å². The van der Waals surface area contributed by atoms with Crippen molar-refractivity contribution in [3.05, 3.63) is 29.8 Å². The Morgan fingerprint density at radius 1 is 1.22 bits per heavy atom. The zero-order valence-electron chi connectivity index (χ0n) is 11.5. The summed E-state index contributed by atoms with van der Waals surface area (Å²) in [6.45, 7) is 6.30. The molecule has 0 radical (unpaired) electrons. The number of methoxy groups -OCH3 is 1. The predicted octanol–water partition coefficient (Wildman–Crippen LogP) is 2.41. The molecular formula is C15H24N2O. The van der Waals surface area contributed by atoms with Crippen molar-refractivity contribution in [1.29, 1.82) is 0 Å². The Morgan fingerprint density at radius 3 is 2.50 bits per heavy atom. The molecule has 0 saturated carbocycles. The second kappa shape index (κ2) is 6.76. The van der Waals surface area contributed by atoms with Gasteiger partial charge in [-0.05, 0) is 37.5 Å². The molecule has 1 heterocycles. The number of nitrogens with one attached hydrogen (secondary N) is 1. The van der Waals surface area contributed by atoms with E-state index in [2.05, 4.69) is 41.4 Å². The minimum Gasteiger partial charge on any atom is -0.380 e. The van der Waals surface area contributed by atoms with Crippen molar-refractivity contribution in [3.63, 3.8) is 0 Å². The first kappa shape index (κ1) is 13.4. The molecule has 0 amide bonds. The lowest BCUT2D eigenvalue weighted by molar-refractivity contribution is 0.117. The van der Waals surface area contributed by atoms with Crippen LogP contribution < -0.4 is 10.2 Å². The summed E-state index contributed by atoms with van der Waals surface area (Å²) in [5.74, 6) is 0. The van der Waals surface area contributed by atoms with Crippen LogP contribution in [0.3, 0.4) is 0 Å². The summed E-state index contributed by atoms with van der Waals surface area (Å²) in [4.78, 5) is 2.46. The van der Waals surface area contributed by atoms with Crippen molar-refractivity contribution in [3.8, 4) is 0 Å². The van der Waals surface area contributed by atoms with Crippen LogP contribution in [-0.4, -0.2) is 32.8 Å². The van der Waals surface area contributed by atoms with Crippen molar-refractivity contribution >= 4 is 5.69 Å². The van der Waals surface area contributed by atoms with Crippen LogP contribution >= 0.6 is 0 Å². The molecule has 3 nitrogen and oxygen atoms in total. The van der Waals surface area contributed by atoms with E-state index in [4.69, 9.17) is 4.74 Å². The van der Waals surface area contributed by atoms with Crippen LogP contribution in [0.25, 0.3) is 0 Å². The van der Waals surface area contributed by atoms with Gasteiger partial charge in [-0.25, -0.2) is 0 Å². The van der Waals surface area contributed by atoms with Gasteiger partial charge in [0.2, 0.25) is 0 Å². The molecule has 1 atom stereocenters. The number of ether oxygens (including phenoxy) is 1. The van der Waals surface area contributed by atoms with E-state index in [-0.39, 0.29) is 6.10 Å². The van der Waals surface area contributed by atoms with Gasteiger partial charge in [-0.15, -0.1) is 0 Å². The summed E-state index contributed by atoms with van der Waals surface area (Å²) in [5, 5.41) is 3.40. The van der Waals surface area contributed by atoms with E-state index in [1.54, 1.807) is 7.11 Å². The van der Waals surface area contributed by atoms with Gasteiger partial charge in [0.05, 0.1) is 6.10 Å². The largest absolute Gasteiger partial charge is 0.380 e. The number of anilines is 1. The van der Waals surface area contributed by atoms with E-state index < -0.39 is 0 Å². The van der Waals surface area contributed by atoms with E-state index in [1.807, 2.05) is 0 Å². The second-order valence-electron chi connectivity index (χ2n) is 5.04. The lowest BCUT2D eigenvalue weighted by Gasteiger charge is -2.18. The second-order valence-corrected chi connectivity index (χ2v) is 5.04. The minimum atomic E-state index is 0.272. The molecule has 0 spiro atoms. The molecular weight excluding hydrogens is 224 g/mol. The molecule has 2 rings (SSSR count). The Bertz CT molecular complexity index is 344. The molecule has 1 fully saturated rings. The summed E-state index contributed by atoms with van der Waals surface area (Å²) in [7, 11) is 1.75. The van der Waals surface area contributed by atoms with Crippen molar-refractivity contribution in [1.82, 2.24) is 5.32 Å². The van der Waals surface area contributed by atoms with E-state index in [0.29, 0.717) is 0 Å². The molecule has 1 N–H and O–H groups in total. The summed E-state index contributed by atoms with van der Waals surface area (Å²) >= 11 is 0. The highest BCUT2D eigenvalue weighted by atomic mass is 16.5. The fourth-order valence-electron chi connectivity index (χ4n) is 2.30. The highest BCUT2D eigenvalue weighted by molar-refractivity contribution is 5.48. The van der Waals surface area contributed by atoms with Gasteiger partial charge >= 0.3 is 0 Å². The molecule has 100 valence electrons. The maximum Gasteiger partial charge on any atom is 0.0667 e. The number of nitrogens with zero attached hydrogens (tertiary/aromatic N) is 1. The van der Waals surface area contributed by atoms with E-state index >= 15 is 0 Å². The summed E-state index contributed by atoms with van der Waals surface area (Å²) < 4.78 is 5.21. The lowest BCUT2D eigenvalue weighted by atomic mass is 10.2. The molecule has 1 unspecified atom stereocenters. The fourth-order valence-corrected chi connectivity index (χ4v) is 2.30. The van der Waals surface area contributed by atoms with E-state index in [0.717, 1.165) is 13.1 Å². The molecule has 0 aliphatic carbocycles. The third-order valence-corrected chi connectivity index (χ3v) is 3.57. The van der Waals surface area contributed by atoms with Gasteiger partial charge in [-0.3, -0.25) is 0 Å². The van der Waals surface area contributed by atoms with Crippen LogP contribution in [0.15, 0.2) is 24.3 Å². The number of rotatable bonds is 6. The van der Waals surface area contributed by atoms with Gasteiger partial charge < -0.3 is 15.0 Å². The monoisotopic (exact) mass is 248 g/mol. The predicted molar refractivity (Wildman–Crippen MR) is 76.1 cm³/mol. The minimum absolute atomic E-state index is 0.272. The van der Waals surface area contributed by atoms with E-state index in [1.165, 1.54) is 37.2 Å². The number of benzene rings is 1. The third kappa shape index (κ3) is 3.72. The molecule has 0 aromatic heterocycles. The van der Waals surface area contributed by atoms with Crippen molar-refractivity contribution in [2.45, 2.75) is 32.4 Å². The summed E-state index contributed by atoms with van der Waals surface area (Å²) in [5.41, 5.74) is 2.70.